The van der Waals surface area contributed by atoms with Crippen LogP contribution in [0.1, 0.15) is 20.8 Å². The zero-order chi connectivity index (χ0) is 15.8. The largest absolute Gasteiger partial charge is 0.435 e. The van der Waals surface area contributed by atoms with Gasteiger partial charge in [0.05, 0.1) is 0 Å². The van der Waals surface area contributed by atoms with Gasteiger partial charge in [-0.25, -0.2) is 0 Å². The Kier molecular flexibility index (Phi) is 3.85. The Labute approximate surface area is 120 Å². The minimum Gasteiger partial charge on any atom is -0.435 e. The third-order valence-corrected chi connectivity index (χ3v) is 3.30. The van der Waals surface area contributed by atoms with Crippen LogP contribution in [0.25, 0.3) is 0 Å². The molecule has 114 valence electrons. The fourth-order valence-electron chi connectivity index (χ4n) is 2.19. The quantitative estimate of drug-likeness (QED) is 0.927. The number of benzene rings is 1. The van der Waals surface area contributed by atoms with Gasteiger partial charge >= 0.3 is 6.61 Å². The van der Waals surface area contributed by atoms with Crippen molar-refractivity contribution in [3.8, 4) is 5.75 Å². The second-order valence-corrected chi connectivity index (χ2v) is 5.34. The zero-order valence-corrected chi connectivity index (χ0v) is 11.9. The molecular weight excluding hydrogens is 282 g/mol. The van der Waals surface area contributed by atoms with E-state index >= 15 is 0 Å². The van der Waals surface area contributed by atoms with Crippen LogP contribution >= 0.6 is 0 Å². The number of carbonyl (C=O) groups is 2. The molecule has 1 atom stereocenters. The number of anilines is 1. The maximum absolute atomic E-state index is 12.4. The zero-order valence-electron chi connectivity index (χ0n) is 11.9. The summed E-state index contributed by atoms with van der Waals surface area (Å²) in [5.74, 6) is -0.542. The van der Waals surface area contributed by atoms with E-state index in [4.69, 9.17) is 0 Å². The highest BCUT2D eigenvalue weighted by molar-refractivity contribution is 6.10. The van der Waals surface area contributed by atoms with Crippen LogP contribution < -0.4 is 15.0 Å². The maximum Gasteiger partial charge on any atom is 0.387 e. The van der Waals surface area contributed by atoms with Crippen LogP contribution in [0, 0.1) is 0 Å². The molecule has 0 aliphatic carbocycles. The van der Waals surface area contributed by atoms with E-state index < -0.39 is 18.2 Å². The molecule has 1 fully saturated rings. The number of piperazine rings is 1. The predicted octanol–water partition coefficient (Wildman–Crippen LogP) is 1.92. The van der Waals surface area contributed by atoms with Crippen LogP contribution in [-0.2, 0) is 9.59 Å². The highest BCUT2D eigenvalue weighted by atomic mass is 19.3. The molecular formula is C14H16F2N2O3. The number of carbonyl (C=O) groups excluding carboxylic acids is 2. The van der Waals surface area contributed by atoms with E-state index in [1.165, 1.54) is 29.2 Å². The topological polar surface area (TPSA) is 58.6 Å². The van der Waals surface area contributed by atoms with E-state index in [-0.39, 0.29) is 17.6 Å². The molecule has 1 unspecified atom stereocenters. The van der Waals surface area contributed by atoms with Gasteiger partial charge < -0.3 is 10.1 Å². The second-order valence-electron chi connectivity index (χ2n) is 5.34. The molecule has 2 amide bonds. The average molecular weight is 298 g/mol. The lowest BCUT2D eigenvalue weighted by Gasteiger charge is -2.41. The molecule has 0 radical (unpaired) electrons. The fourth-order valence-corrected chi connectivity index (χ4v) is 2.19. The average Bonchev–Trinajstić information content (AvgIpc) is 2.38. The molecule has 1 aliphatic heterocycles. The molecule has 1 aliphatic rings. The Bertz CT molecular complexity index is 558. The highest BCUT2D eigenvalue weighted by Gasteiger charge is 2.43. The molecule has 0 saturated carbocycles. The summed E-state index contributed by atoms with van der Waals surface area (Å²) >= 11 is 0. The van der Waals surface area contributed by atoms with Crippen molar-refractivity contribution in [3.63, 3.8) is 0 Å². The molecule has 1 saturated heterocycles. The van der Waals surface area contributed by atoms with Crippen LogP contribution in [0.5, 0.6) is 5.75 Å². The van der Waals surface area contributed by atoms with Gasteiger partial charge in [-0.2, -0.15) is 8.78 Å². The summed E-state index contributed by atoms with van der Waals surface area (Å²) in [4.78, 5) is 25.7. The van der Waals surface area contributed by atoms with Gasteiger partial charge in [0.1, 0.15) is 17.3 Å². The number of amides is 2. The first-order valence-electron chi connectivity index (χ1n) is 6.43. The van der Waals surface area contributed by atoms with E-state index in [0.717, 1.165) is 0 Å². The van der Waals surface area contributed by atoms with Gasteiger partial charge in [-0.3, -0.25) is 14.5 Å². The molecule has 0 spiro atoms. The number of nitrogens with zero attached hydrogens (tertiary/aromatic N) is 1. The number of alkyl halides is 2. The van der Waals surface area contributed by atoms with Crippen molar-refractivity contribution < 1.29 is 23.1 Å². The summed E-state index contributed by atoms with van der Waals surface area (Å²) in [6, 6.07) is 4.94. The summed E-state index contributed by atoms with van der Waals surface area (Å²) in [7, 11) is 0. The van der Waals surface area contributed by atoms with Crippen LogP contribution in [0.2, 0.25) is 0 Å². The first-order valence-corrected chi connectivity index (χ1v) is 6.43. The maximum atomic E-state index is 12.4. The van der Waals surface area contributed by atoms with Gasteiger partial charge in [0.15, 0.2) is 0 Å². The van der Waals surface area contributed by atoms with Gasteiger partial charge in [0, 0.05) is 5.69 Å². The minimum absolute atomic E-state index is 0.00502. The summed E-state index contributed by atoms with van der Waals surface area (Å²) in [6.07, 6.45) is 0. The van der Waals surface area contributed by atoms with Crippen molar-refractivity contribution in [1.29, 1.82) is 0 Å². The van der Waals surface area contributed by atoms with E-state index in [1.807, 2.05) is 0 Å². The van der Waals surface area contributed by atoms with Crippen LogP contribution in [0.3, 0.4) is 0 Å². The van der Waals surface area contributed by atoms with Gasteiger partial charge in [-0.1, -0.05) is 0 Å². The van der Waals surface area contributed by atoms with Gasteiger partial charge in [-0.15, -0.1) is 0 Å². The number of hydrogen-bond acceptors (Lipinski definition) is 3. The smallest absolute Gasteiger partial charge is 0.387 e. The number of hydrogen-bond donors (Lipinski definition) is 1. The lowest BCUT2D eigenvalue weighted by Crippen LogP contribution is -2.67. The lowest BCUT2D eigenvalue weighted by molar-refractivity contribution is -0.136. The first-order chi connectivity index (χ1) is 9.72. The van der Waals surface area contributed by atoms with Crippen molar-refractivity contribution in [2.24, 2.45) is 0 Å². The number of rotatable bonds is 3. The van der Waals surface area contributed by atoms with Gasteiger partial charge in [0.2, 0.25) is 5.91 Å². The van der Waals surface area contributed by atoms with E-state index in [2.05, 4.69) is 10.1 Å². The van der Waals surface area contributed by atoms with Crippen LogP contribution in [0.4, 0.5) is 14.5 Å². The Morgan fingerprint density at radius 3 is 2.33 bits per heavy atom. The summed E-state index contributed by atoms with van der Waals surface area (Å²) < 4.78 is 28.5. The molecule has 2 rings (SSSR count). The Morgan fingerprint density at radius 2 is 1.81 bits per heavy atom. The van der Waals surface area contributed by atoms with Crippen molar-refractivity contribution in [2.75, 3.05) is 4.90 Å². The summed E-state index contributed by atoms with van der Waals surface area (Å²) in [6.45, 7) is 1.92. The number of nitrogens with one attached hydrogen (secondary N) is 1. The molecule has 1 N–H and O–H groups in total. The Hall–Kier alpha value is -2.18. The van der Waals surface area contributed by atoms with E-state index in [9.17, 15) is 18.4 Å². The molecule has 21 heavy (non-hydrogen) atoms. The molecule has 1 heterocycles. The molecule has 5 nitrogen and oxygen atoms in total. The monoisotopic (exact) mass is 298 g/mol. The van der Waals surface area contributed by atoms with E-state index in [0.29, 0.717) is 5.69 Å². The van der Waals surface area contributed by atoms with Crippen molar-refractivity contribution in [3.05, 3.63) is 24.3 Å². The van der Waals surface area contributed by atoms with Crippen molar-refractivity contribution in [2.45, 2.75) is 39.0 Å². The standard InChI is InChI=1S/C14H16F2N2O3/c1-8-11(19)17-14(2,3)12(20)18(8)9-4-6-10(7-5-9)21-13(15)16/h4-8,13H,1-3H3,(H,17,19). The first kappa shape index (κ1) is 15.2. The molecule has 7 heteroatoms. The van der Waals surface area contributed by atoms with Crippen LogP contribution in [0.15, 0.2) is 24.3 Å². The second kappa shape index (κ2) is 5.31. The van der Waals surface area contributed by atoms with Crippen molar-refractivity contribution >= 4 is 17.5 Å². The number of halogens is 2. The fraction of sp³-hybridized carbons (Fsp3) is 0.429. The van der Waals surface area contributed by atoms with Gasteiger partial charge in [0.25, 0.3) is 5.91 Å². The molecule has 1 aromatic carbocycles. The Morgan fingerprint density at radius 1 is 1.24 bits per heavy atom. The number of ether oxygens (including phenoxy) is 1. The normalized spacial score (nSPS) is 21.4. The lowest BCUT2D eigenvalue weighted by atomic mass is 9.96. The van der Waals surface area contributed by atoms with Gasteiger partial charge in [-0.05, 0) is 45.0 Å². The Balaban J connectivity index is 2.30. The summed E-state index contributed by atoms with van der Waals surface area (Å²) in [5.41, 5.74) is -0.557. The molecule has 1 aromatic rings. The van der Waals surface area contributed by atoms with E-state index in [1.54, 1.807) is 20.8 Å². The minimum atomic E-state index is -2.91. The third kappa shape index (κ3) is 2.96. The molecule has 0 bridgehead atoms. The highest BCUT2D eigenvalue weighted by Crippen LogP contribution is 2.27. The summed E-state index contributed by atoms with van der Waals surface area (Å²) in [5, 5.41) is 2.64. The predicted molar refractivity (Wildman–Crippen MR) is 72.2 cm³/mol. The third-order valence-electron chi connectivity index (χ3n) is 3.30. The molecule has 0 aromatic heterocycles. The van der Waals surface area contributed by atoms with Crippen LogP contribution in [-0.4, -0.2) is 30.0 Å². The SMILES string of the molecule is CC1C(=O)NC(C)(C)C(=O)N1c1ccc(OC(F)F)cc1. The van der Waals surface area contributed by atoms with Crippen molar-refractivity contribution in [1.82, 2.24) is 5.32 Å².